The first-order valence-corrected chi connectivity index (χ1v) is 10.7. The highest BCUT2D eigenvalue weighted by molar-refractivity contribution is 5.95. The van der Waals surface area contributed by atoms with Gasteiger partial charge in [0.15, 0.2) is 0 Å². The van der Waals surface area contributed by atoms with Gasteiger partial charge in [0.1, 0.15) is 11.6 Å². The van der Waals surface area contributed by atoms with Gasteiger partial charge in [-0.25, -0.2) is 0 Å². The van der Waals surface area contributed by atoms with Crippen LogP contribution in [0.5, 0.6) is 0 Å². The number of ketones is 2. The van der Waals surface area contributed by atoms with Crippen LogP contribution in [0.2, 0.25) is 0 Å². The number of fused-ring (bicyclic) bond motifs is 3. The van der Waals surface area contributed by atoms with E-state index in [-0.39, 0.29) is 60.2 Å². The number of rotatable bonds is 7. The van der Waals surface area contributed by atoms with Crippen LogP contribution in [-0.2, 0) is 28.6 Å². The molecule has 6 heteroatoms. The van der Waals surface area contributed by atoms with Crippen molar-refractivity contribution in [2.24, 2.45) is 29.1 Å². The molecule has 3 aliphatic rings. The molecule has 162 valence electrons. The highest BCUT2D eigenvalue weighted by atomic mass is 16.5. The molecule has 0 spiro atoms. The van der Waals surface area contributed by atoms with Gasteiger partial charge in [-0.3, -0.25) is 14.4 Å². The lowest BCUT2D eigenvalue weighted by Crippen LogP contribution is -2.54. The monoisotopic (exact) mass is 406 g/mol. The van der Waals surface area contributed by atoms with Gasteiger partial charge in [-0.15, -0.1) is 0 Å². The Kier molecular flexibility index (Phi) is 6.64. The highest BCUT2D eigenvalue weighted by Gasteiger charge is 2.63. The molecule has 0 saturated heterocycles. The van der Waals surface area contributed by atoms with E-state index in [4.69, 9.17) is 14.2 Å². The van der Waals surface area contributed by atoms with Gasteiger partial charge >= 0.3 is 5.97 Å². The van der Waals surface area contributed by atoms with Crippen molar-refractivity contribution >= 4 is 17.5 Å². The van der Waals surface area contributed by atoms with Crippen molar-refractivity contribution in [1.82, 2.24) is 0 Å². The van der Waals surface area contributed by atoms with Crippen molar-refractivity contribution in [3.05, 3.63) is 11.1 Å². The van der Waals surface area contributed by atoms with Gasteiger partial charge in [0.25, 0.3) is 0 Å². The number of methoxy groups -OCH3 is 2. The van der Waals surface area contributed by atoms with E-state index in [1.807, 2.05) is 6.92 Å². The molecule has 0 amide bonds. The van der Waals surface area contributed by atoms with Crippen LogP contribution in [0.25, 0.3) is 0 Å². The predicted molar refractivity (Wildman–Crippen MR) is 107 cm³/mol. The van der Waals surface area contributed by atoms with E-state index in [0.29, 0.717) is 26.1 Å². The van der Waals surface area contributed by atoms with Gasteiger partial charge in [0, 0.05) is 50.9 Å². The standard InChI is InChI=1S/C23H34O6/c1-6-29-21(26)12-16-13(2)9-19(25)17-11-18(24)15-10-20(28-5)14(7-8-27-4)22(15)23(16,17)3/h14-15,17,20,22H,6-12H2,1-5H3/t14-,15+,17?,20-,22+,23-/m0/s1. The van der Waals surface area contributed by atoms with E-state index < -0.39 is 5.41 Å². The van der Waals surface area contributed by atoms with E-state index in [2.05, 4.69) is 6.92 Å². The summed E-state index contributed by atoms with van der Waals surface area (Å²) in [5.41, 5.74) is 1.43. The summed E-state index contributed by atoms with van der Waals surface area (Å²) in [4.78, 5) is 38.5. The van der Waals surface area contributed by atoms with Crippen LogP contribution in [-0.4, -0.2) is 51.1 Å². The maximum Gasteiger partial charge on any atom is 0.309 e. The lowest BCUT2D eigenvalue weighted by molar-refractivity contribution is -0.147. The topological polar surface area (TPSA) is 78.9 Å². The second-order valence-electron chi connectivity index (χ2n) is 8.98. The molecule has 0 aromatic rings. The van der Waals surface area contributed by atoms with E-state index in [1.54, 1.807) is 21.1 Å². The predicted octanol–water partition coefficient (Wildman–Crippen LogP) is 3.13. The van der Waals surface area contributed by atoms with Gasteiger partial charge in [0.05, 0.1) is 19.1 Å². The van der Waals surface area contributed by atoms with Crippen molar-refractivity contribution in [3.63, 3.8) is 0 Å². The van der Waals surface area contributed by atoms with E-state index in [0.717, 1.165) is 17.6 Å². The summed E-state index contributed by atoms with van der Waals surface area (Å²) >= 11 is 0. The van der Waals surface area contributed by atoms with Crippen LogP contribution < -0.4 is 0 Å². The molecule has 0 aromatic heterocycles. The van der Waals surface area contributed by atoms with Gasteiger partial charge in [-0.05, 0) is 38.5 Å². The van der Waals surface area contributed by atoms with Crippen LogP contribution in [0.3, 0.4) is 0 Å². The van der Waals surface area contributed by atoms with Crippen LogP contribution in [0, 0.1) is 29.1 Å². The van der Waals surface area contributed by atoms with Crippen LogP contribution >= 0.6 is 0 Å². The maximum atomic E-state index is 13.1. The summed E-state index contributed by atoms with van der Waals surface area (Å²) in [6.07, 6.45) is 2.18. The van der Waals surface area contributed by atoms with Crippen LogP contribution in [0.15, 0.2) is 11.1 Å². The van der Waals surface area contributed by atoms with E-state index >= 15 is 0 Å². The third-order valence-electron chi connectivity index (χ3n) is 7.67. The van der Waals surface area contributed by atoms with Gasteiger partial charge in [0.2, 0.25) is 0 Å². The number of carbonyl (C=O) groups is 3. The fourth-order valence-corrected chi connectivity index (χ4v) is 6.49. The number of allylic oxidation sites excluding steroid dienone is 1. The second-order valence-corrected chi connectivity index (χ2v) is 8.98. The summed E-state index contributed by atoms with van der Waals surface area (Å²) < 4.78 is 16.4. The van der Waals surface area contributed by atoms with Crippen molar-refractivity contribution in [2.75, 3.05) is 27.4 Å². The number of Topliss-reactive ketones (excluding diaryl/α,β-unsaturated/α-hetero) is 2. The molecule has 29 heavy (non-hydrogen) atoms. The normalized spacial score (nSPS) is 36.8. The van der Waals surface area contributed by atoms with Crippen LogP contribution in [0.1, 0.15) is 52.9 Å². The third kappa shape index (κ3) is 3.70. The molecular weight excluding hydrogens is 372 g/mol. The average molecular weight is 407 g/mol. The van der Waals surface area contributed by atoms with E-state index in [9.17, 15) is 14.4 Å². The number of hydrogen-bond acceptors (Lipinski definition) is 6. The molecule has 1 unspecified atom stereocenters. The first kappa shape index (κ1) is 22.2. The fraction of sp³-hybridized carbons (Fsp3) is 0.783. The Balaban J connectivity index is 2.09. The maximum absolute atomic E-state index is 13.1. The number of hydrogen-bond donors (Lipinski definition) is 0. The lowest BCUT2D eigenvalue weighted by Gasteiger charge is -2.53. The van der Waals surface area contributed by atoms with Crippen LogP contribution in [0.4, 0.5) is 0 Å². The molecule has 2 fully saturated rings. The zero-order valence-electron chi connectivity index (χ0n) is 18.3. The molecule has 0 N–H and O–H groups in total. The quantitative estimate of drug-likeness (QED) is 0.477. The molecule has 3 aliphatic carbocycles. The first-order valence-electron chi connectivity index (χ1n) is 10.7. The van der Waals surface area contributed by atoms with Crippen molar-refractivity contribution < 1.29 is 28.6 Å². The Bertz CT molecular complexity index is 710. The Labute approximate surface area is 173 Å². The summed E-state index contributed by atoms with van der Waals surface area (Å²) in [7, 11) is 3.36. The molecule has 3 rings (SSSR count). The Morgan fingerprint density at radius 1 is 1.21 bits per heavy atom. The molecular formula is C23H34O6. The number of esters is 1. The lowest BCUT2D eigenvalue weighted by atomic mass is 9.49. The largest absolute Gasteiger partial charge is 0.466 e. The molecule has 6 nitrogen and oxygen atoms in total. The molecule has 0 bridgehead atoms. The van der Waals surface area contributed by atoms with Crippen molar-refractivity contribution in [3.8, 4) is 0 Å². The molecule has 0 aromatic carbocycles. The van der Waals surface area contributed by atoms with Gasteiger partial charge in [-0.1, -0.05) is 18.1 Å². The Hall–Kier alpha value is -1.53. The Morgan fingerprint density at radius 3 is 2.55 bits per heavy atom. The number of ether oxygens (including phenoxy) is 3. The van der Waals surface area contributed by atoms with Crippen molar-refractivity contribution in [1.29, 1.82) is 0 Å². The third-order valence-corrected chi connectivity index (χ3v) is 7.67. The average Bonchev–Trinajstić information content (AvgIpc) is 3.06. The van der Waals surface area contributed by atoms with Gasteiger partial charge in [-0.2, -0.15) is 0 Å². The smallest absolute Gasteiger partial charge is 0.309 e. The van der Waals surface area contributed by atoms with E-state index in [1.165, 1.54) is 0 Å². The zero-order chi connectivity index (χ0) is 21.3. The van der Waals surface area contributed by atoms with Gasteiger partial charge < -0.3 is 14.2 Å². The minimum absolute atomic E-state index is 0.0301. The SMILES string of the molecule is CCOC(=O)CC1=C(C)CC(=O)C2CC(=O)[C@H]3C[C@H](OC)[C@H](CCOC)[C@H]3[C@@]12C. The molecule has 0 heterocycles. The second kappa shape index (κ2) is 8.68. The minimum Gasteiger partial charge on any atom is -0.466 e. The Morgan fingerprint density at radius 2 is 1.93 bits per heavy atom. The molecule has 0 radical (unpaired) electrons. The minimum atomic E-state index is -0.531. The highest BCUT2D eigenvalue weighted by Crippen LogP contribution is 2.63. The molecule has 0 aliphatic heterocycles. The molecule has 6 atom stereocenters. The zero-order valence-corrected chi connectivity index (χ0v) is 18.3. The summed E-state index contributed by atoms with van der Waals surface area (Å²) in [5.74, 6) is -0.406. The fourth-order valence-electron chi connectivity index (χ4n) is 6.49. The molecule has 2 saturated carbocycles. The number of carbonyl (C=O) groups excluding carboxylic acids is 3. The summed E-state index contributed by atoms with van der Waals surface area (Å²) in [5, 5.41) is 0. The summed E-state index contributed by atoms with van der Waals surface area (Å²) in [6, 6.07) is 0. The van der Waals surface area contributed by atoms with Crippen molar-refractivity contribution in [2.45, 2.75) is 59.0 Å². The first-order chi connectivity index (χ1) is 13.8. The summed E-state index contributed by atoms with van der Waals surface area (Å²) in [6.45, 7) is 6.76.